The summed E-state index contributed by atoms with van der Waals surface area (Å²) in [6.45, 7) is 0.918. The van der Waals surface area contributed by atoms with E-state index in [0.717, 1.165) is 23.4 Å². The first-order valence-corrected chi connectivity index (χ1v) is 10.9. The van der Waals surface area contributed by atoms with E-state index in [1.165, 1.54) is 16.4 Å². The van der Waals surface area contributed by atoms with Crippen molar-refractivity contribution in [3.05, 3.63) is 59.9 Å². The number of carbonyl (C=O) groups is 1. The third-order valence-electron chi connectivity index (χ3n) is 5.14. The molecule has 6 nitrogen and oxygen atoms in total. The molecule has 8 heteroatoms. The van der Waals surface area contributed by atoms with Crippen molar-refractivity contribution in [3.8, 4) is 5.75 Å². The van der Waals surface area contributed by atoms with Crippen molar-refractivity contribution in [3.63, 3.8) is 0 Å². The Hall–Kier alpha value is -2.45. The molecule has 0 N–H and O–H groups in total. The molecule has 1 saturated heterocycles. The molecule has 0 unspecified atom stereocenters. The van der Waals surface area contributed by atoms with Gasteiger partial charge in [0.05, 0.1) is 17.9 Å². The molecule has 2 aromatic carbocycles. The largest absolute Gasteiger partial charge is 0.497 e. The number of rotatable bonds is 6. The van der Waals surface area contributed by atoms with Gasteiger partial charge in [-0.2, -0.15) is 4.31 Å². The van der Waals surface area contributed by atoms with Crippen LogP contribution in [0.25, 0.3) is 0 Å². The van der Waals surface area contributed by atoms with Gasteiger partial charge in [-0.15, -0.1) is 0 Å². The van der Waals surface area contributed by atoms with Gasteiger partial charge in [0.2, 0.25) is 15.9 Å². The topological polar surface area (TPSA) is 66.9 Å². The number of ether oxygens (including phenoxy) is 1. The van der Waals surface area contributed by atoms with Gasteiger partial charge in [0.25, 0.3) is 0 Å². The minimum absolute atomic E-state index is 0.0404. The van der Waals surface area contributed by atoms with Crippen LogP contribution in [0, 0.1) is 11.7 Å². The lowest BCUT2D eigenvalue weighted by Gasteiger charge is -2.33. The van der Waals surface area contributed by atoms with Crippen LogP contribution in [-0.2, 0) is 21.4 Å². The van der Waals surface area contributed by atoms with Crippen LogP contribution in [0.4, 0.5) is 4.39 Å². The monoisotopic (exact) mass is 420 g/mol. The molecule has 2 aromatic rings. The van der Waals surface area contributed by atoms with Gasteiger partial charge in [-0.3, -0.25) is 4.79 Å². The number of amides is 1. The zero-order valence-electron chi connectivity index (χ0n) is 16.5. The molecule has 0 aromatic heterocycles. The highest BCUT2D eigenvalue weighted by molar-refractivity contribution is 7.89. The van der Waals surface area contributed by atoms with Crippen molar-refractivity contribution in [2.45, 2.75) is 24.3 Å². The fourth-order valence-electron chi connectivity index (χ4n) is 3.51. The smallest absolute Gasteiger partial charge is 0.243 e. The maximum absolute atomic E-state index is 13.1. The Labute approximate surface area is 170 Å². The molecule has 1 amide bonds. The number of halogens is 1. The van der Waals surface area contributed by atoms with E-state index in [0.29, 0.717) is 25.9 Å². The van der Waals surface area contributed by atoms with E-state index in [-0.39, 0.29) is 17.3 Å². The summed E-state index contributed by atoms with van der Waals surface area (Å²) in [7, 11) is -0.437. The van der Waals surface area contributed by atoms with Gasteiger partial charge in [-0.25, -0.2) is 12.8 Å². The van der Waals surface area contributed by atoms with Crippen LogP contribution in [0.3, 0.4) is 0 Å². The molecule has 0 aliphatic carbocycles. The van der Waals surface area contributed by atoms with E-state index in [1.54, 1.807) is 19.1 Å². The standard InChI is InChI=1S/C21H25FN2O4S/c1-23(14-16-5-9-19(28-2)10-6-16)21(25)17-4-3-13-24(15-17)29(26,27)20-11-7-18(22)8-12-20/h5-12,17H,3-4,13-15H2,1-2H3/t17-/m0/s1. The van der Waals surface area contributed by atoms with E-state index in [1.807, 2.05) is 24.3 Å². The van der Waals surface area contributed by atoms with E-state index < -0.39 is 21.8 Å². The normalized spacial score (nSPS) is 17.7. The predicted octanol–water partition coefficient (Wildman–Crippen LogP) is 2.89. The van der Waals surface area contributed by atoms with Crippen LogP contribution >= 0.6 is 0 Å². The fraction of sp³-hybridized carbons (Fsp3) is 0.381. The lowest BCUT2D eigenvalue weighted by atomic mass is 9.98. The predicted molar refractivity (Wildman–Crippen MR) is 107 cm³/mol. The van der Waals surface area contributed by atoms with Crippen molar-refractivity contribution in [1.82, 2.24) is 9.21 Å². The van der Waals surface area contributed by atoms with Crippen molar-refractivity contribution in [2.75, 3.05) is 27.2 Å². The van der Waals surface area contributed by atoms with Crippen molar-refractivity contribution < 1.29 is 22.3 Å². The first-order valence-electron chi connectivity index (χ1n) is 9.45. The van der Waals surface area contributed by atoms with E-state index >= 15 is 0 Å². The highest BCUT2D eigenvalue weighted by Gasteiger charge is 2.34. The van der Waals surface area contributed by atoms with Gasteiger partial charge < -0.3 is 9.64 Å². The maximum atomic E-state index is 13.1. The summed E-state index contributed by atoms with van der Waals surface area (Å²) in [6, 6.07) is 12.2. The molecule has 0 radical (unpaired) electrons. The Morgan fingerprint density at radius 2 is 1.83 bits per heavy atom. The Morgan fingerprint density at radius 1 is 1.17 bits per heavy atom. The van der Waals surface area contributed by atoms with Gasteiger partial charge in [0.15, 0.2) is 0 Å². The highest BCUT2D eigenvalue weighted by Crippen LogP contribution is 2.25. The number of carbonyl (C=O) groups excluding carboxylic acids is 1. The van der Waals surface area contributed by atoms with Gasteiger partial charge in [-0.1, -0.05) is 12.1 Å². The molecule has 1 aliphatic rings. The summed E-state index contributed by atoms with van der Waals surface area (Å²) in [5, 5.41) is 0. The molecule has 1 aliphatic heterocycles. The number of nitrogens with zero attached hydrogens (tertiary/aromatic N) is 2. The zero-order chi connectivity index (χ0) is 21.0. The Kier molecular flexibility index (Phi) is 6.54. The number of benzene rings is 2. The quantitative estimate of drug-likeness (QED) is 0.721. The molecule has 0 spiro atoms. The molecule has 3 rings (SSSR count). The number of hydrogen-bond donors (Lipinski definition) is 0. The highest BCUT2D eigenvalue weighted by atomic mass is 32.2. The second-order valence-electron chi connectivity index (χ2n) is 7.20. The van der Waals surface area contributed by atoms with Gasteiger partial charge in [-0.05, 0) is 54.8 Å². The van der Waals surface area contributed by atoms with Crippen molar-refractivity contribution >= 4 is 15.9 Å². The average molecular weight is 421 g/mol. The average Bonchev–Trinajstić information content (AvgIpc) is 2.74. The number of sulfonamides is 1. The molecule has 1 fully saturated rings. The third kappa shape index (κ3) is 4.94. The van der Waals surface area contributed by atoms with Gasteiger partial charge in [0.1, 0.15) is 11.6 Å². The molecule has 29 heavy (non-hydrogen) atoms. The lowest BCUT2D eigenvalue weighted by molar-refractivity contribution is -0.135. The summed E-state index contributed by atoms with van der Waals surface area (Å²) in [6.07, 6.45) is 1.24. The van der Waals surface area contributed by atoms with Crippen LogP contribution in [-0.4, -0.2) is 50.8 Å². The Morgan fingerprint density at radius 3 is 2.45 bits per heavy atom. The minimum Gasteiger partial charge on any atom is -0.497 e. The Bertz CT molecular complexity index is 946. The molecule has 0 bridgehead atoms. The number of hydrogen-bond acceptors (Lipinski definition) is 4. The van der Waals surface area contributed by atoms with E-state index in [2.05, 4.69) is 0 Å². The summed E-state index contributed by atoms with van der Waals surface area (Å²) >= 11 is 0. The molecular weight excluding hydrogens is 395 g/mol. The zero-order valence-corrected chi connectivity index (χ0v) is 17.4. The van der Waals surface area contributed by atoms with Crippen LogP contribution in [0.1, 0.15) is 18.4 Å². The van der Waals surface area contributed by atoms with Crippen LogP contribution in [0.15, 0.2) is 53.4 Å². The summed E-state index contributed by atoms with van der Waals surface area (Å²) in [5.41, 5.74) is 0.966. The Balaban J connectivity index is 1.67. The summed E-state index contributed by atoms with van der Waals surface area (Å²) in [4.78, 5) is 14.6. The molecule has 1 atom stereocenters. The molecular formula is C21H25FN2O4S. The summed E-state index contributed by atoms with van der Waals surface area (Å²) < 4.78 is 45.3. The summed E-state index contributed by atoms with van der Waals surface area (Å²) in [5.74, 6) is -0.227. The van der Waals surface area contributed by atoms with Crippen molar-refractivity contribution in [1.29, 1.82) is 0 Å². The second-order valence-corrected chi connectivity index (χ2v) is 9.14. The first-order chi connectivity index (χ1) is 13.8. The SMILES string of the molecule is COc1ccc(CN(C)C(=O)[C@H]2CCCN(S(=O)(=O)c3ccc(F)cc3)C2)cc1. The van der Waals surface area contributed by atoms with Crippen LogP contribution in [0.5, 0.6) is 5.75 Å². The minimum atomic E-state index is -3.76. The molecule has 156 valence electrons. The van der Waals surface area contributed by atoms with Gasteiger partial charge >= 0.3 is 0 Å². The van der Waals surface area contributed by atoms with Gasteiger partial charge in [0, 0.05) is 26.7 Å². The van der Waals surface area contributed by atoms with E-state index in [9.17, 15) is 17.6 Å². The third-order valence-corrected chi connectivity index (χ3v) is 7.02. The van der Waals surface area contributed by atoms with Crippen LogP contribution < -0.4 is 4.74 Å². The van der Waals surface area contributed by atoms with E-state index in [4.69, 9.17) is 4.74 Å². The second kappa shape index (κ2) is 8.92. The molecule has 0 saturated carbocycles. The molecule has 1 heterocycles. The first kappa shape index (κ1) is 21.3. The number of piperidine rings is 1. The number of methoxy groups -OCH3 is 1. The fourth-order valence-corrected chi connectivity index (χ4v) is 5.04. The van der Waals surface area contributed by atoms with Crippen molar-refractivity contribution in [2.24, 2.45) is 5.92 Å². The van der Waals surface area contributed by atoms with Crippen LogP contribution in [0.2, 0.25) is 0 Å². The maximum Gasteiger partial charge on any atom is 0.243 e. The lowest BCUT2D eigenvalue weighted by Crippen LogP contribution is -2.45.